The van der Waals surface area contributed by atoms with Gasteiger partial charge in [0.1, 0.15) is 11.5 Å². The van der Waals surface area contributed by atoms with Crippen LogP contribution >= 0.6 is 34.0 Å². The highest BCUT2D eigenvalue weighted by atomic mass is 32.1. The van der Waals surface area contributed by atoms with Gasteiger partial charge in [0.2, 0.25) is 0 Å². The van der Waals surface area contributed by atoms with E-state index in [9.17, 15) is 0 Å². The lowest BCUT2D eigenvalue weighted by atomic mass is 10.0. The molecule has 3 aromatic heterocycles. The molecule has 0 saturated heterocycles. The molecule has 0 N–H and O–H groups in total. The number of rotatable bonds is 19. The number of aryl methyl sites for hydroxylation is 1. The third-order valence-electron chi connectivity index (χ3n) is 8.54. The van der Waals surface area contributed by atoms with Crippen LogP contribution in [-0.2, 0) is 6.42 Å². The first-order valence-corrected chi connectivity index (χ1v) is 19.3. The van der Waals surface area contributed by atoms with E-state index in [1.54, 1.807) is 14.2 Å². The summed E-state index contributed by atoms with van der Waals surface area (Å²) in [5, 5.41) is 0. The number of benzene rings is 2. The van der Waals surface area contributed by atoms with E-state index in [-0.39, 0.29) is 0 Å². The standard InChI is InChI=1S/C40H48O2S3/c1-4-5-6-7-8-9-10-11-12-13-14-15-16-32-29-39(37-27-25-35(43-37)30-17-21-33(41-2)22-18-30)45-40(32)38-28-26-36(44-38)31-19-23-34(42-3)24-20-31/h17-29H,4-16H2,1-3H3. The van der Waals surface area contributed by atoms with Crippen molar-refractivity contribution in [3.8, 4) is 51.9 Å². The van der Waals surface area contributed by atoms with Crippen LogP contribution in [-0.4, -0.2) is 14.2 Å². The normalized spacial score (nSPS) is 11.3. The minimum absolute atomic E-state index is 0.894. The minimum atomic E-state index is 0.894. The predicted molar refractivity (Wildman–Crippen MR) is 200 cm³/mol. The average molecular weight is 657 g/mol. The van der Waals surface area contributed by atoms with Crippen LogP contribution in [0.1, 0.15) is 89.5 Å². The van der Waals surface area contributed by atoms with Gasteiger partial charge in [0.15, 0.2) is 0 Å². The van der Waals surface area contributed by atoms with E-state index < -0.39 is 0 Å². The van der Waals surface area contributed by atoms with Crippen molar-refractivity contribution in [2.45, 2.75) is 90.4 Å². The van der Waals surface area contributed by atoms with Crippen LogP contribution in [0.2, 0.25) is 0 Å². The molecule has 3 heterocycles. The highest BCUT2D eigenvalue weighted by Crippen LogP contribution is 2.46. The molecule has 0 saturated carbocycles. The summed E-state index contributed by atoms with van der Waals surface area (Å²) in [6, 6.07) is 28.5. The van der Waals surface area contributed by atoms with Gasteiger partial charge < -0.3 is 9.47 Å². The quantitative estimate of drug-likeness (QED) is 0.0824. The lowest BCUT2D eigenvalue weighted by Gasteiger charge is -2.04. The molecule has 0 aliphatic rings. The smallest absolute Gasteiger partial charge is 0.118 e. The Labute approximate surface area is 283 Å². The van der Waals surface area contributed by atoms with Gasteiger partial charge in [-0.05, 0) is 108 Å². The van der Waals surface area contributed by atoms with Crippen molar-refractivity contribution in [3.05, 3.63) is 84.4 Å². The van der Waals surface area contributed by atoms with Crippen molar-refractivity contribution in [3.63, 3.8) is 0 Å². The van der Waals surface area contributed by atoms with Crippen LogP contribution in [0.15, 0.2) is 78.9 Å². The van der Waals surface area contributed by atoms with Gasteiger partial charge in [-0.1, -0.05) is 77.6 Å². The average Bonchev–Trinajstić information content (AvgIpc) is 3.86. The molecule has 0 bridgehead atoms. The number of hydrogen-bond donors (Lipinski definition) is 0. The largest absolute Gasteiger partial charge is 0.497 e. The Hall–Kier alpha value is -2.86. The van der Waals surface area contributed by atoms with Crippen molar-refractivity contribution in [2.75, 3.05) is 14.2 Å². The lowest BCUT2D eigenvalue weighted by Crippen LogP contribution is -1.87. The Balaban J connectivity index is 1.25. The SMILES string of the molecule is CCCCCCCCCCCCCCc1cc(-c2ccc(-c3ccc(OC)cc3)s2)sc1-c1ccc(-c2ccc(OC)cc2)s1. The van der Waals surface area contributed by atoms with Gasteiger partial charge in [-0.2, -0.15) is 0 Å². The number of methoxy groups -OCH3 is 2. The monoisotopic (exact) mass is 656 g/mol. The van der Waals surface area contributed by atoms with Gasteiger partial charge >= 0.3 is 0 Å². The van der Waals surface area contributed by atoms with Crippen molar-refractivity contribution in [1.82, 2.24) is 0 Å². The zero-order valence-corrected chi connectivity index (χ0v) is 29.7. The molecule has 0 aliphatic carbocycles. The summed E-state index contributed by atoms with van der Waals surface area (Å²) >= 11 is 5.75. The first-order valence-electron chi connectivity index (χ1n) is 16.8. The van der Waals surface area contributed by atoms with E-state index in [2.05, 4.69) is 61.5 Å². The second-order valence-corrected chi connectivity index (χ2v) is 15.1. The van der Waals surface area contributed by atoms with E-state index in [1.165, 1.54) is 123 Å². The molecule has 2 aromatic carbocycles. The number of unbranched alkanes of at least 4 members (excludes halogenated alkanes) is 11. The Morgan fingerprint density at radius 3 is 1.40 bits per heavy atom. The van der Waals surface area contributed by atoms with Crippen molar-refractivity contribution < 1.29 is 9.47 Å². The summed E-state index contributed by atoms with van der Waals surface area (Å²) in [5.41, 5.74) is 3.99. The molecule has 5 aromatic rings. The van der Waals surface area contributed by atoms with Crippen LogP contribution in [0.25, 0.3) is 40.4 Å². The minimum Gasteiger partial charge on any atom is -0.497 e. The molecule has 2 nitrogen and oxygen atoms in total. The molecule has 0 unspecified atom stereocenters. The van der Waals surface area contributed by atoms with E-state index >= 15 is 0 Å². The van der Waals surface area contributed by atoms with Crippen molar-refractivity contribution >= 4 is 34.0 Å². The molecular formula is C40H48O2S3. The first-order chi connectivity index (χ1) is 22.2. The maximum Gasteiger partial charge on any atom is 0.118 e. The van der Waals surface area contributed by atoms with Crippen molar-refractivity contribution in [1.29, 1.82) is 0 Å². The van der Waals surface area contributed by atoms with Gasteiger partial charge in [0.25, 0.3) is 0 Å². The number of hydrogen-bond acceptors (Lipinski definition) is 5. The summed E-state index contributed by atoms with van der Waals surface area (Å²) in [4.78, 5) is 8.14. The van der Waals surface area contributed by atoms with Gasteiger partial charge in [-0.15, -0.1) is 34.0 Å². The molecule has 0 radical (unpaired) electrons. The van der Waals surface area contributed by atoms with Gasteiger partial charge in [0, 0.05) is 29.3 Å². The zero-order valence-electron chi connectivity index (χ0n) is 27.2. The molecule has 0 aliphatic heterocycles. The number of thiophene rings is 3. The second-order valence-electron chi connectivity index (χ2n) is 11.9. The lowest BCUT2D eigenvalue weighted by molar-refractivity contribution is 0.415. The molecular weight excluding hydrogens is 609 g/mol. The van der Waals surface area contributed by atoms with Gasteiger partial charge in [-0.3, -0.25) is 0 Å². The van der Waals surface area contributed by atoms with Crippen LogP contribution in [0.3, 0.4) is 0 Å². The van der Waals surface area contributed by atoms with E-state index in [1.807, 2.05) is 58.3 Å². The molecule has 0 spiro atoms. The molecule has 0 amide bonds. The van der Waals surface area contributed by atoms with Crippen molar-refractivity contribution in [2.24, 2.45) is 0 Å². The Bertz CT molecular complexity index is 1560. The molecule has 45 heavy (non-hydrogen) atoms. The molecule has 5 rings (SSSR count). The Morgan fingerprint density at radius 2 is 0.889 bits per heavy atom. The fourth-order valence-electron chi connectivity index (χ4n) is 5.85. The molecule has 0 atom stereocenters. The van der Waals surface area contributed by atoms with Crippen LogP contribution in [0.5, 0.6) is 11.5 Å². The van der Waals surface area contributed by atoms with E-state index in [0.29, 0.717) is 0 Å². The fourth-order valence-corrected chi connectivity index (χ4v) is 9.31. The maximum absolute atomic E-state index is 5.38. The summed E-state index contributed by atoms with van der Waals surface area (Å²) in [5.74, 6) is 1.79. The van der Waals surface area contributed by atoms with E-state index in [4.69, 9.17) is 9.47 Å². The van der Waals surface area contributed by atoms with Crippen LogP contribution in [0, 0.1) is 0 Å². The van der Waals surface area contributed by atoms with Gasteiger partial charge in [0.05, 0.1) is 14.2 Å². The topological polar surface area (TPSA) is 18.5 Å². The Kier molecular flexibility index (Phi) is 13.2. The summed E-state index contributed by atoms with van der Waals surface area (Å²) in [6.07, 6.45) is 17.7. The summed E-state index contributed by atoms with van der Waals surface area (Å²) < 4.78 is 10.7. The molecule has 0 fully saturated rings. The zero-order chi connectivity index (χ0) is 31.3. The third kappa shape index (κ3) is 9.57. The van der Waals surface area contributed by atoms with Gasteiger partial charge in [-0.25, -0.2) is 0 Å². The van der Waals surface area contributed by atoms with Crippen LogP contribution in [0.4, 0.5) is 0 Å². The third-order valence-corrected chi connectivity index (χ3v) is 12.4. The second kappa shape index (κ2) is 17.7. The van der Waals surface area contributed by atoms with Crippen LogP contribution < -0.4 is 9.47 Å². The summed E-state index contributed by atoms with van der Waals surface area (Å²) in [7, 11) is 3.44. The first kappa shape index (κ1) is 33.5. The summed E-state index contributed by atoms with van der Waals surface area (Å²) in [6.45, 7) is 2.30. The highest BCUT2D eigenvalue weighted by molar-refractivity contribution is 7.28. The fraction of sp³-hybridized carbons (Fsp3) is 0.400. The molecule has 5 heteroatoms. The maximum atomic E-state index is 5.38. The number of ether oxygens (including phenoxy) is 2. The predicted octanol–water partition coefficient (Wildman–Crippen LogP) is 13.8. The highest BCUT2D eigenvalue weighted by Gasteiger charge is 2.16. The Morgan fingerprint density at radius 1 is 0.444 bits per heavy atom. The molecule has 238 valence electrons. The van der Waals surface area contributed by atoms with E-state index in [0.717, 1.165) is 17.9 Å².